The van der Waals surface area contributed by atoms with E-state index in [0.29, 0.717) is 6.42 Å². The molecule has 3 atom stereocenters. The molecule has 148 valence electrons. The maximum absolute atomic E-state index is 12.8. The van der Waals surface area contributed by atoms with E-state index in [4.69, 9.17) is 14.2 Å². The van der Waals surface area contributed by atoms with Crippen molar-refractivity contribution in [2.45, 2.75) is 24.4 Å². The predicted molar refractivity (Wildman–Crippen MR) is 104 cm³/mol. The van der Waals surface area contributed by atoms with Gasteiger partial charge < -0.3 is 14.2 Å². The summed E-state index contributed by atoms with van der Waals surface area (Å²) in [7, 11) is 4.33. The van der Waals surface area contributed by atoms with Crippen LogP contribution in [-0.2, 0) is 25.5 Å². The van der Waals surface area contributed by atoms with Gasteiger partial charge in [-0.1, -0.05) is 42.5 Å². The molecule has 0 radical (unpaired) electrons. The molecule has 2 aromatic rings. The molecule has 1 aliphatic heterocycles. The van der Waals surface area contributed by atoms with Crippen molar-refractivity contribution in [1.82, 2.24) is 5.32 Å². The molecule has 3 rings (SSSR count). The zero-order chi connectivity index (χ0) is 20.1. The van der Waals surface area contributed by atoms with Gasteiger partial charge in [0.15, 0.2) is 0 Å². The molecule has 0 amide bonds. The SMILES string of the molecule is COC(=O)[C@H]1C[C@@](Cc2ccccc2)(C(=O)OC)N[C@H]1c1ccc(OC)cc1. The van der Waals surface area contributed by atoms with E-state index < -0.39 is 11.5 Å². The minimum Gasteiger partial charge on any atom is -0.497 e. The van der Waals surface area contributed by atoms with Gasteiger partial charge in [0, 0.05) is 12.5 Å². The third-order valence-corrected chi connectivity index (χ3v) is 5.31. The van der Waals surface area contributed by atoms with E-state index in [-0.39, 0.29) is 24.4 Å². The van der Waals surface area contributed by atoms with Crippen LogP contribution in [0.5, 0.6) is 5.75 Å². The van der Waals surface area contributed by atoms with Crippen LogP contribution < -0.4 is 10.1 Å². The van der Waals surface area contributed by atoms with Crippen molar-refractivity contribution in [3.63, 3.8) is 0 Å². The fourth-order valence-corrected chi connectivity index (χ4v) is 3.93. The Bertz CT molecular complexity index is 821. The van der Waals surface area contributed by atoms with E-state index >= 15 is 0 Å². The number of carbonyl (C=O) groups is 2. The molecule has 0 unspecified atom stereocenters. The van der Waals surface area contributed by atoms with Crippen LogP contribution in [0, 0.1) is 5.92 Å². The van der Waals surface area contributed by atoms with Crippen LogP contribution in [-0.4, -0.2) is 38.8 Å². The van der Waals surface area contributed by atoms with Crippen LogP contribution in [0.4, 0.5) is 0 Å². The Morgan fingerprint density at radius 1 is 1.00 bits per heavy atom. The van der Waals surface area contributed by atoms with Crippen molar-refractivity contribution in [2.75, 3.05) is 21.3 Å². The first-order valence-electron chi connectivity index (χ1n) is 9.15. The third-order valence-electron chi connectivity index (χ3n) is 5.31. The summed E-state index contributed by atoms with van der Waals surface area (Å²) in [5.41, 5.74) is 0.856. The van der Waals surface area contributed by atoms with Crippen LogP contribution in [0.15, 0.2) is 54.6 Å². The van der Waals surface area contributed by atoms with E-state index in [1.54, 1.807) is 7.11 Å². The lowest BCUT2D eigenvalue weighted by molar-refractivity contribution is -0.148. The van der Waals surface area contributed by atoms with Gasteiger partial charge in [0.25, 0.3) is 0 Å². The second kappa shape index (κ2) is 8.44. The van der Waals surface area contributed by atoms with Gasteiger partial charge in [-0.3, -0.25) is 14.9 Å². The van der Waals surface area contributed by atoms with Crippen molar-refractivity contribution in [2.24, 2.45) is 5.92 Å². The lowest BCUT2D eigenvalue weighted by Gasteiger charge is -2.28. The molecule has 28 heavy (non-hydrogen) atoms. The highest BCUT2D eigenvalue weighted by molar-refractivity contribution is 5.85. The molecule has 6 nitrogen and oxygen atoms in total. The second-order valence-corrected chi connectivity index (χ2v) is 6.97. The number of benzene rings is 2. The van der Waals surface area contributed by atoms with Crippen molar-refractivity contribution in [1.29, 1.82) is 0 Å². The summed E-state index contributed by atoms with van der Waals surface area (Å²) in [5, 5.41) is 3.41. The van der Waals surface area contributed by atoms with E-state index in [9.17, 15) is 9.59 Å². The maximum Gasteiger partial charge on any atom is 0.326 e. The molecule has 1 aliphatic rings. The van der Waals surface area contributed by atoms with Crippen LogP contribution in [0.2, 0.25) is 0 Å². The molecule has 0 bridgehead atoms. The molecule has 2 aromatic carbocycles. The standard InChI is InChI=1S/C22H25NO5/c1-26-17-11-9-16(10-12-17)19-18(20(24)27-2)14-22(23-19,21(25)28-3)13-15-7-5-4-6-8-15/h4-12,18-19,23H,13-14H2,1-3H3/t18-,19-,22-/m0/s1. The van der Waals surface area contributed by atoms with Crippen LogP contribution in [0.25, 0.3) is 0 Å². The summed E-state index contributed by atoms with van der Waals surface area (Å²) >= 11 is 0. The lowest BCUT2D eigenvalue weighted by Crippen LogP contribution is -2.50. The molecule has 1 heterocycles. The molecular formula is C22H25NO5. The predicted octanol–water partition coefficient (Wildman–Crippen LogP) is 2.67. The summed E-state index contributed by atoms with van der Waals surface area (Å²) < 4.78 is 15.4. The summed E-state index contributed by atoms with van der Waals surface area (Å²) in [6.07, 6.45) is 0.707. The number of nitrogens with one attached hydrogen (secondary N) is 1. The Hall–Kier alpha value is -2.86. The van der Waals surface area contributed by atoms with E-state index in [1.807, 2.05) is 54.6 Å². The van der Waals surface area contributed by atoms with Crippen LogP contribution in [0.3, 0.4) is 0 Å². The number of hydrogen-bond donors (Lipinski definition) is 1. The zero-order valence-electron chi connectivity index (χ0n) is 16.3. The van der Waals surface area contributed by atoms with Gasteiger partial charge in [0.05, 0.1) is 27.2 Å². The molecule has 1 saturated heterocycles. The van der Waals surface area contributed by atoms with Crippen molar-refractivity contribution in [3.8, 4) is 5.75 Å². The van der Waals surface area contributed by atoms with E-state index in [1.165, 1.54) is 14.2 Å². The lowest BCUT2D eigenvalue weighted by atomic mass is 9.85. The van der Waals surface area contributed by atoms with Gasteiger partial charge in [-0.15, -0.1) is 0 Å². The van der Waals surface area contributed by atoms with Gasteiger partial charge in [-0.2, -0.15) is 0 Å². The first-order valence-corrected chi connectivity index (χ1v) is 9.15. The topological polar surface area (TPSA) is 73.9 Å². The molecule has 0 aliphatic carbocycles. The molecule has 0 aromatic heterocycles. The van der Waals surface area contributed by atoms with Crippen LogP contribution >= 0.6 is 0 Å². The van der Waals surface area contributed by atoms with E-state index in [2.05, 4.69) is 5.32 Å². The first-order chi connectivity index (χ1) is 13.5. The number of rotatable bonds is 6. The Balaban J connectivity index is 1.99. The second-order valence-electron chi connectivity index (χ2n) is 6.97. The summed E-state index contributed by atoms with van der Waals surface area (Å²) in [5.74, 6) is -0.533. The summed E-state index contributed by atoms with van der Waals surface area (Å²) in [6, 6.07) is 16.8. The number of hydrogen-bond acceptors (Lipinski definition) is 6. The van der Waals surface area contributed by atoms with Crippen molar-refractivity contribution in [3.05, 3.63) is 65.7 Å². The maximum atomic E-state index is 12.8. The molecule has 0 spiro atoms. The summed E-state index contributed by atoms with van der Waals surface area (Å²) in [6.45, 7) is 0. The quantitative estimate of drug-likeness (QED) is 0.773. The normalized spacial score (nSPS) is 23.8. The molecular weight excluding hydrogens is 358 g/mol. The highest BCUT2D eigenvalue weighted by atomic mass is 16.5. The van der Waals surface area contributed by atoms with Gasteiger partial charge in [0.2, 0.25) is 0 Å². The average Bonchev–Trinajstić information content (AvgIpc) is 3.14. The highest BCUT2D eigenvalue weighted by Crippen LogP contribution is 2.41. The van der Waals surface area contributed by atoms with Gasteiger partial charge >= 0.3 is 11.9 Å². The molecule has 1 N–H and O–H groups in total. The Morgan fingerprint density at radius 2 is 1.68 bits per heavy atom. The first kappa shape index (κ1) is 19.9. The third kappa shape index (κ3) is 3.87. The molecule has 6 heteroatoms. The minimum absolute atomic E-state index is 0.290. The zero-order valence-corrected chi connectivity index (χ0v) is 16.3. The summed E-state index contributed by atoms with van der Waals surface area (Å²) in [4.78, 5) is 25.4. The fourth-order valence-electron chi connectivity index (χ4n) is 3.93. The van der Waals surface area contributed by atoms with E-state index in [0.717, 1.165) is 16.9 Å². The van der Waals surface area contributed by atoms with Gasteiger partial charge in [0.1, 0.15) is 11.3 Å². The average molecular weight is 383 g/mol. The largest absolute Gasteiger partial charge is 0.497 e. The highest BCUT2D eigenvalue weighted by Gasteiger charge is 2.53. The molecule has 1 fully saturated rings. The Kier molecular flexibility index (Phi) is 5.99. The number of methoxy groups -OCH3 is 3. The molecule has 0 saturated carbocycles. The number of carbonyl (C=O) groups excluding carboxylic acids is 2. The number of ether oxygens (including phenoxy) is 3. The number of esters is 2. The van der Waals surface area contributed by atoms with Crippen molar-refractivity contribution < 1.29 is 23.8 Å². The fraction of sp³-hybridized carbons (Fsp3) is 0.364. The monoisotopic (exact) mass is 383 g/mol. The minimum atomic E-state index is -1.01. The Labute approximate surface area is 164 Å². The Morgan fingerprint density at radius 3 is 2.25 bits per heavy atom. The van der Waals surface area contributed by atoms with Gasteiger partial charge in [-0.05, 0) is 29.7 Å². The van der Waals surface area contributed by atoms with Crippen molar-refractivity contribution >= 4 is 11.9 Å². The van der Waals surface area contributed by atoms with Crippen LogP contribution in [0.1, 0.15) is 23.6 Å². The smallest absolute Gasteiger partial charge is 0.326 e. The van der Waals surface area contributed by atoms with Gasteiger partial charge in [-0.25, -0.2) is 0 Å².